The highest BCUT2D eigenvalue weighted by Crippen LogP contribution is 2.22. The van der Waals surface area contributed by atoms with Gasteiger partial charge in [-0.3, -0.25) is 4.79 Å². The van der Waals surface area contributed by atoms with Crippen LogP contribution in [0, 0.1) is 0 Å². The first-order valence-electron chi connectivity index (χ1n) is 7.27. The predicted octanol–water partition coefficient (Wildman–Crippen LogP) is 1.70. The first kappa shape index (κ1) is 19.1. The summed E-state index contributed by atoms with van der Waals surface area (Å²) in [6.07, 6.45) is -0.535. The van der Waals surface area contributed by atoms with Crippen LogP contribution in [-0.4, -0.2) is 20.2 Å². The summed E-state index contributed by atoms with van der Waals surface area (Å²) < 4.78 is 27.4. The quantitative estimate of drug-likeness (QED) is 0.736. The Balaban J connectivity index is 2.31. The van der Waals surface area contributed by atoms with Gasteiger partial charge in [-0.15, -0.1) is 0 Å². The van der Waals surface area contributed by atoms with Crippen molar-refractivity contribution in [1.29, 1.82) is 0 Å². The first-order valence-corrected chi connectivity index (χ1v) is 9.14. The molecule has 2 aromatic rings. The summed E-state index contributed by atoms with van der Waals surface area (Å²) in [6.45, 7) is 1.37. The Morgan fingerprint density at radius 1 is 1.08 bits per heavy atom. The van der Waals surface area contributed by atoms with Gasteiger partial charge < -0.3 is 9.90 Å². The minimum Gasteiger partial charge on any atom is -0.550 e. The minimum absolute atomic E-state index is 0.0742. The summed E-state index contributed by atoms with van der Waals surface area (Å²) in [5, 5.41) is 11.4. The number of Topliss-reactive ketones (excluding diaryl/α,β-unsaturated/α-hetero) is 1. The third-order valence-electron chi connectivity index (χ3n) is 3.51. The molecule has 1 atom stereocenters. The number of carboxylic acids is 1. The van der Waals surface area contributed by atoms with Gasteiger partial charge in [0.05, 0.1) is 10.9 Å². The molecule has 0 saturated heterocycles. The summed E-state index contributed by atoms with van der Waals surface area (Å²) in [4.78, 5) is 22.2. The zero-order valence-corrected chi connectivity index (χ0v) is 14.8. The largest absolute Gasteiger partial charge is 0.550 e. The van der Waals surface area contributed by atoms with Gasteiger partial charge in [0.2, 0.25) is 10.0 Å². The number of halogens is 1. The van der Waals surface area contributed by atoms with Crippen LogP contribution in [0.25, 0.3) is 0 Å². The van der Waals surface area contributed by atoms with E-state index in [9.17, 15) is 23.1 Å². The maximum Gasteiger partial charge on any atom is 0.241 e. The number of carbonyl (C=O) groups excluding carboxylic acids is 2. The molecule has 0 heterocycles. The molecule has 0 saturated carbocycles. The molecule has 1 N–H and O–H groups in total. The smallest absolute Gasteiger partial charge is 0.241 e. The standard InChI is InChI=1S/C17H16ClNO5S/c1-11(20)12-4-8-15(9-5-12)25(23,24)19-16(10-17(21)22)13-2-6-14(18)7-3-13/h2-9,16,19H,10H2,1H3,(H,21,22)/p-1/t16-/m1/s1. The van der Waals surface area contributed by atoms with Gasteiger partial charge in [0, 0.05) is 23.0 Å². The summed E-state index contributed by atoms with van der Waals surface area (Å²) in [5.41, 5.74) is 0.820. The molecular weight excluding hydrogens is 366 g/mol. The Bertz CT molecular complexity index is 876. The molecule has 0 fully saturated rings. The van der Waals surface area contributed by atoms with E-state index in [0.717, 1.165) is 0 Å². The third kappa shape index (κ3) is 5.12. The van der Waals surface area contributed by atoms with Gasteiger partial charge in [-0.1, -0.05) is 35.9 Å². The number of hydrogen-bond acceptors (Lipinski definition) is 5. The van der Waals surface area contributed by atoms with Crippen molar-refractivity contribution in [2.45, 2.75) is 24.3 Å². The van der Waals surface area contributed by atoms with Crippen molar-refractivity contribution < 1.29 is 23.1 Å². The number of benzene rings is 2. The number of sulfonamides is 1. The van der Waals surface area contributed by atoms with Crippen LogP contribution in [0.2, 0.25) is 5.02 Å². The molecule has 25 heavy (non-hydrogen) atoms. The number of nitrogens with one attached hydrogen (secondary N) is 1. The molecule has 8 heteroatoms. The van der Waals surface area contributed by atoms with Gasteiger partial charge in [-0.2, -0.15) is 0 Å². The Labute approximate surface area is 150 Å². The number of ketones is 1. The zero-order valence-electron chi connectivity index (χ0n) is 13.2. The van der Waals surface area contributed by atoms with Crippen LogP contribution in [0.3, 0.4) is 0 Å². The van der Waals surface area contributed by atoms with Crippen molar-refractivity contribution in [3.05, 3.63) is 64.7 Å². The van der Waals surface area contributed by atoms with E-state index < -0.39 is 28.5 Å². The molecule has 0 aliphatic carbocycles. The topological polar surface area (TPSA) is 103 Å². The highest BCUT2D eigenvalue weighted by molar-refractivity contribution is 7.89. The monoisotopic (exact) mass is 380 g/mol. The molecule has 0 aromatic heterocycles. The zero-order chi connectivity index (χ0) is 18.6. The van der Waals surface area contributed by atoms with Gasteiger partial charge in [0.1, 0.15) is 0 Å². The van der Waals surface area contributed by atoms with E-state index in [4.69, 9.17) is 11.6 Å². The summed E-state index contributed by atoms with van der Waals surface area (Å²) in [6, 6.07) is 10.5. The van der Waals surface area contributed by atoms with Crippen LogP contribution in [0.15, 0.2) is 53.4 Å². The number of hydrogen-bond donors (Lipinski definition) is 1. The second-order valence-corrected chi connectivity index (χ2v) is 7.53. The third-order valence-corrected chi connectivity index (χ3v) is 5.25. The van der Waals surface area contributed by atoms with E-state index in [-0.39, 0.29) is 10.7 Å². The van der Waals surface area contributed by atoms with Gasteiger partial charge in [-0.05, 0) is 36.8 Å². The summed E-state index contributed by atoms with van der Waals surface area (Å²) >= 11 is 5.80. The van der Waals surface area contributed by atoms with Gasteiger partial charge >= 0.3 is 0 Å². The normalized spacial score (nSPS) is 12.6. The molecule has 0 spiro atoms. The van der Waals surface area contributed by atoms with Crippen LogP contribution in [0.5, 0.6) is 0 Å². The van der Waals surface area contributed by atoms with E-state index in [1.165, 1.54) is 55.5 Å². The fraction of sp³-hybridized carbons (Fsp3) is 0.176. The van der Waals surface area contributed by atoms with Crippen LogP contribution in [0.1, 0.15) is 35.3 Å². The number of carboxylic acid groups (broad SMARTS) is 1. The maximum absolute atomic E-state index is 12.5. The van der Waals surface area contributed by atoms with Crippen LogP contribution < -0.4 is 9.83 Å². The van der Waals surface area contributed by atoms with Crippen LogP contribution in [0.4, 0.5) is 0 Å². The van der Waals surface area contributed by atoms with Crippen molar-refractivity contribution in [2.24, 2.45) is 0 Å². The lowest BCUT2D eigenvalue weighted by Crippen LogP contribution is -2.34. The van der Waals surface area contributed by atoms with Gasteiger partial charge in [0.25, 0.3) is 0 Å². The molecule has 0 unspecified atom stereocenters. The highest BCUT2D eigenvalue weighted by atomic mass is 35.5. The second kappa shape index (κ2) is 7.77. The lowest BCUT2D eigenvalue weighted by atomic mass is 10.1. The Morgan fingerprint density at radius 3 is 2.12 bits per heavy atom. The predicted molar refractivity (Wildman–Crippen MR) is 90.6 cm³/mol. The van der Waals surface area contributed by atoms with E-state index in [0.29, 0.717) is 16.1 Å². The van der Waals surface area contributed by atoms with Crippen LogP contribution >= 0.6 is 11.6 Å². The average Bonchev–Trinajstić information content (AvgIpc) is 2.54. The van der Waals surface area contributed by atoms with Crippen molar-refractivity contribution in [3.63, 3.8) is 0 Å². The molecule has 132 valence electrons. The molecule has 0 aliphatic rings. The second-order valence-electron chi connectivity index (χ2n) is 5.38. The number of carbonyl (C=O) groups is 2. The molecule has 2 aromatic carbocycles. The highest BCUT2D eigenvalue weighted by Gasteiger charge is 2.22. The average molecular weight is 381 g/mol. The molecule has 6 nitrogen and oxygen atoms in total. The first-order chi connectivity index (χ1) is 11.7. The molecule has 0 amide bonds. The van der Waals surface area contributed by atoms with Gasteiger partial charge in [0.15, 0.2) is 5.78 Å². The SMILES string of the molecule is CC(=O)c1ccc(S(=O)(=O)N[C@H](CC(=O)[O-])c2ccc(Cl)cc2)cc1. The Morgan fingerprint density at radius 2 is 1.64 bits per heavy atom. The Kier molecular flexibility index (Phi) is 5.94. The molecule has 0 aliphatic heterocycles. The molecule has 0 radical (unpaired) electrons. The van der Waals surface area contributed by atoms with E-state index in [2.05, 4.69) is 4.72 Å². The lowest BCUT2D eigenvalue weighted by Gasteiger charge is -2.20. The molecular formula is C17H15ClNO5S-. The summed E-state index contributed by atoms with van der Waals surface area (Å²) in [5.74, 6) is -1.58. The van der Waals surface area contributed by atoms with Crippen molar-refractivity contribution in [2.75, 3.05) is 0 Å². The number of aliphatic carboxylic acids is 1. The molecule has 0 bridgehead atoms. The molecule has 2 rings (SSSR count). The van der Waals surface area contributed by atoms with Crippen molar-refractivity contribution in [3.8, 4) is 0 Å². The maximum atomic E-state index is 12.5. The van der Waals surface area contributed by atoms with Gasteiger partial charge in [-0.25, -0.2) is 13.1 Å². The van der Waals surface area contributed by atoms with Crippen molar-refractivity contribution in [1.82, 2.24) is 4.72 Å². The van der Waals surface area contributed by atoms with E-state index in [1.807, 2.05) is 0 Å². The lowest BCUT2D eigenvalue weighted by molar-refractivity contribution is -0.306. The van der Waals surface area contributed by atoms with E-state index >= 15 is 0 Å². The fourth-order valence-corrected chi connectivity index (χ4v) is 3.56. The van der Waals surface area contributed by atoms with Crippen molar-refractivity contribution >= 4 is 33.4 Å². The van der Waals surface area contributed by atoms with Crippen LogP contribution in [-0.2, 0) is 14.8 Å². The fourth-order valence-electron chi connectivity index (χ4n) is 2.21. The van der Waals surface area contributed by atoms with E-state index in [1.54, 1.807) is 0 Å². The minimum atomic E-state index is -3.99. The Hall–Kier alpha value is -2.22. The summed E-state index contributed by atoms with van der Waals surface area (Å²) in [7, 11) is -3.99. The number of rotatable bonds is 7.